The van der Waals surface area contributed by atoms with Crippen LogP contribution in [0.5, 0.6) is 5.75 Å². The summed E-state index contributed by atoms with van der Waals surface area (Å²) in [7, 11) is 1.61. The Balaban J connectivity index is 2.40. The fourth-order valence-corrected chi connectivity index (χ4v) is 2.12. The lowest BCUT2D eigenvalue weighted by molar-refractivity contribution is 0.0935. The molecule has 0 radical (unpaired) electrons. The molecule has 0 aromatic heterocycles. The summed E-state index contributed by atoms with van der Waals surface area (Å²) in [6.07, 6.45) is 0. The molecule has 2 aromatic carbocycles. The first-order valence-electron chi connectivity index (χ1n) is 6.69. The smallest absolute Gasteiger partial charge is 0.255 e. The third-order valence-corrected chi connectivity index (χ3v) is 3.01. The quantitative estimate of drug-likeness (QED) is 0.823. The Hall–Kier alpha value is -2.07. The molecule has 0 aliphatic heterocycles. The van der Waals surface area contributed by atoms with E-state index in [4.69, 9.17) is 9.47 Å². The van der Waals surface area contributed by atoms with Crippen molar-refractivity contribution >= 4 is 16.7 Å². The lowest BCUT2D eigenvalue weighted by Crippen LogP contribution is -2.27. The van der Waals surface area contributed by atoms with Crippen molar-refractivity contribution < 1.29 is 14.3 Å². The van der Waals surface area contributed by atoms with Crippen molar-refractivity contribution in [2.45, 2.75) is 6.92 Å². The van der Waals surface area contributed by atoms with Crippen molar-refractivity contribution in [3.8, 4) is 5.75 Å². The molecule has 0 unspecified atom stereocenters. The average molecular weight is 273 g/mol. The van der Waals surface area contributed by atoms with Gasteiger partial charge in [0.15, 0.2) is 0 Å². The number of rotatable bonds is 6. The molecule has 20 heavy (non-hydrogen) atoms. The van der Waals surface area contributed by atoms with Gasteiger partial charge in [-0.1, -0.05) is 30.3 Å². The summed E-state index contributed by atoms with van der Waals surface area (Å²) in [5.74, 6) is 0.475. The van der Waals surface area contributed by atoms with E-state index in [2.05, 4.69) is 5.32 Å². The molecule has 0 aliphatic carbocycles. The monoisotopic (exact) mass is 273 g/mol. The number of nitrogens with one attached hydrogen (secondary N) is 1. The summed E-state index contributed by atoms with van der Waals surface area (Å²) in [5, 5.41) is 4.76. The van der Waals surface area contributed by atoms with Gasteiger partial charge in [-0.2, -0.15) is 0 Å². The molecule has 0 aliphatic rings. The minimum atomic E-state index is -0.137. The predicted octanol–water partition coefficient (Wildman–Crippen LogP) is 2.61. The van der Waals surface area contributed by atoms with Gasteiger partial charge in [-0.05, 0) is 23.8 Å². The molecule has 0 atom stereocenters. The van der Waals surface area contributed by atoms with E-state index in [0.29, 0.717) is 31.1 Å². The fourth-order valence-electron chi connectivity index (χ4n) is 2.12. The van der Waals surface area contributed by atoms with Crippen molar-refractivity contribution in [1.82, 2.24) is 5.32 Å². The Morgan fingerprint density at radius 1 is 1.20 bits per heavy atom. The zero-order valence-corrected chi connectivity index (χ0v) is 11.8. The van der Waals surface area contributed by atoms with Gasteiger partial charge in [-0.25, -0.2) is 0 Å². The number of ether oxygens (including phenoxy) is 2. The zero-order valence-electron chi connectivity index (χ0n) is 11.8. The molecule has 106 valence electrons. The summed E-state index contributed by atoms with van der Waals surface area (Å²) in [4.78, 5) is 12.4. The van der Waals surface area contributed by atoms with Gasteiger partial charge in [0.05, 0.1) is 18.8 Å². The van der Waals surface area contributed by atoms with Crippen molar-refractivity contribution in [1.29, 1.82) is 0 Å². The number of carbonyl (C=O) groups is 1. The van der Waals surface area contributed by atoms with E-state index >= 15 is 0 Å². The topological polar surface area (TPSA) is 47.6 Å². The fraction of sp³-hybridized carbons (Fsp3) is 0.312. The highest BCUT2D eigenvalue weighted by molar-refractivity contribution is 6.09. The minimum absolute atomic E-state index is 0.137. The van der Waals surface area contributed by atoms with Crippen LogP contribution in [0.3, 0.4) is 0 Å². The van der Waals surface area contributed by atoms with E-state index < -0.39 is 0 Å². The number of carbonyl (C=O) groups excluding carboxylic acids is 1. The van der Waals surface area contributed by atoms with Crippen LogP contribution in [0.25, 0.3) is 10.8 Å². The predicted molar refractivity (Wildman–Crippen MR) is 79.3 cm³/mol. The second-order valence-electron chi connectivity index (χ2n) is 4.34. The van der Waals surface area contributed by atoms with Crippen LogP contribution >= 0.6 is 0 Å². The van der Waals surface area contributed by atoms with Crippen molar-refractivity contribution in [3.05, 3.63) is 42.0 Å². The maximum absolute atomic E-state index is 12.4. The molecule has 1 amide bonds. The molecule has 2 aromatic rings. The molecule has 4 heteroatoms. The van der Waals surface area contributed by atoms with Gasteiger partial charge in [0.1, 0.15) is 5.75 Å². The zero-order chi connectivity index (χ0) is 14.4. The van der Waals surface area contributed by atoms with Gasteiger partial charge in [0.2, 0.25) is 0 Å². The number of fused-ring (bicyclic) bond motifs is 1. The SMILES string of the molecule is CCOc1ccc2ccccc2c1C(=O)NCCOC. The standard InChI is InChI=1S/C16H19NO3/c1-3-20-14-9-8-12-6-4-5-7-13(12)15(14)16(18)17-10-11-19-2/h4-9H,3,10-11H2,1-2H3,(H,17,18). The van der Waals surface area contributed by atoms with E-state index in [1.807, 2.05) is 43.3 Å². The van der Waals surface area contributed by atoms with E-state index in [0.717, 1.165) is 10.8 Å². The first-order chi connectivity index (χ1) is 9.77. The van der Waals surface area contributed by atoms with E-state index in [9.17, 15) is 4.79 Å². The highest BCUT2D eigenvalue weighted by Gasteiger charge is 2.15. The normalized spacial score (nSPS) is 10.5. The molecule has 0 saturated heterocycles. The van der Waals surface area contributed by atoms with Crippen LogP contribution < -0.4 is 10.1 Å². The Morgan fingerprint density at radius 3 is 2.75 bits per heavy atom. The summed E-state index contributed by atoms with van der Waals surface area (Å²) in [6, 6.07) is 11.6. The van der Waals surface area contributed by atoms with E-state index in [1.165, 1.54) is 0 Å². The maximum atomic E-state index is 12.4. The molecule has 0 bridgehead atoms. The molecule has 0 fully saturated rings. The number of benzene rings is 2. The first kappa shape index (κ1) is 14.3. The highest BCUT2D eigenvalue weighted by Crippen LogP contribution is 2.28. The number of amides is 1. The Morgan fingerprint density at radius 2 is 2.00 bits per heavy atom. The Kier molecular flexibility index (Phi) is 4.96. The molecular weight excluding hydrogens is 254 g/mol. The van der Waals surface area contributed by atoms with Gasteiger partial charge in [-0.3, -0.25) is 4.79 Å². The van der Waals surface area contributed by atoms with Crippen LogP contribution in [0.2, 0.25) is 0 Å². The second-order valence-corrected chi connectivity index (χ2v) is 4.34. The Bertz CT molecular complexity index is 595. The van der Waals surface area contributed by atoms with Gasteiger partial charge in [-0.15, -0.1) is 0 Å². The Labute approximate surface area is 118 Å². The van der Waals surface area contributed by atoms with Crippen LogP contribution in [0.4, 0.5) is 0 Å². The van der Waals surface area contributed by atoms with Crippen LogP contribution in [-0.2, 0) is 4.74 Å². The van der Waals surface area contributed by atoms with Crippen molar-refractivity contribution in [3.63, 3.8) is 0 Å². The summed E-state index contributed by atoms with van der Waals surface area (Å²) in [6.45, 7) is 3.39. The van der Waals surface area contributed by atoms with E-state index in [1.54, 1.807) is 7.11 Å². The van der Waals surface area contributed by atoms with Crippen LogP contribution in [0, 0.1) is 0 Å². The maximum Gasteiger partial charge on any atom is 0.255 e. The van der Waals surface area contributed by atoms with Gasteiger partial charge in [0.25, 0.3) is 5.91 Å². The van der Waals surface area contributed by atoms with Crippen LogP contribution in [-0.4, -0.2) is 32.8 Å². The number of methoxy groups -OCH3 is 1. The largest absolute Gasteiger partial charge is 0.493 e. The minimum Gasteiger partial charge on any atom is -0.493 e. The van der Waals surface area contributed by atoms with Gasteiger partial charge >= 0.3 is 0 Å². The number of hydrogen-bond donors (Lipinski definition) is 1. The molecule has 1 N–H and O–H groups in total. The molecule has 2 rings (SSSR count). The first-order valence-corrected chi connectivity index (χ1v) is 6.69. The van der Waals surface area contributed by atoms with Crippen molar-refractivity contribution in [2.75, 3.05) is 26.9 Å². The highest BCUT2D eigenvalue weighted by atomic mass is 16.5. The van der Waals surface area contributed by atoms with Crippen LogP contribution in [0.1, 0.15) is 17.3 Å². The van der Waals surface area contributed by atoms with E-state index in [-0.39, 0.29) is 5.91 Å². The third kappa shape index (κ3) is 3.08. The molecule has 4 nitrogen and oxygen atoms in total. The van der Waals surface area contributed by atoms with Gasteiger partial charge < -0.3 is 14.8 Å². The second kappa shape index (κ2) is 6.91. The molecule has 0 heterocycles. The average Bonchev–Trinajstić information content (AvgIpc) is 2.47. The van der Waals surface area contributed by atoms with Gasteiger partial charge in [0, 0.05) is 13.7 Å². The van der Waals surface area contributed by atoms with Crippen LogP contribution in [0.15, 0.2) is 36.4 Å². The summed E-state index contributed by atoms with van der Waals surface area (Å²) < 4.78 is 10.5. The third-order valence-electron chi connectivity index (χ3n) is 3.01. The number of hydrogen-bond acceptors (Lipinski definition) is 3. The lowest BCUT2D eigenvalue weighted by Gasteiger charge is -2.13. The lowest BCUT2D eigenvalue weighted by atomic mass is 10.0. The summed E-state index contributed by atoms with van der Waals surface area (Å²) in [5.41, 5.74) is 0.584. The van der Waals surface area contributed by atoms with Crippen molar-refractivity contribution in [2.24, 2.45) is 0 Å². The summed E-state index contributed by atoms with van der Waals surface area (Å²) >= 11 is 0. The molecular formula is C16H19NO3. The molecule has 0 saturated carbocycles. The molecule has 0 spiro atoms.